The van der Waals surface area contributed by atoms with Crippen LogP contribution in [0.1, 0.15) is 19.8 Å². The summed E-state index contributed by atoms with van der Waals surface area (Å²) in [6, 6.07) is 2.01. The van der Waals surface area contributed by atoms with E-state index in [4.69, 9.17) is 5.73 Å². The van der Waals surface area contributed by atoms with E-state index >= 15 is 0 Å². The van der Waals surface area contributed by atoms with Crippen LogP contribution in [0.4, 0.5) is 5.82 Å². The highest BCUT2D eigenvalue weighted by molar-refractivity contribution is 5.76. The SMILES string of the molecule is CCC1CN(C)CCCN1C(=O)Cn1ccc(N)n1. The van der Waals surface area contributed by atoms with E-state index in [1.807, 2.05) is 4.90 Å². The number of aromatic nitrogens is 2. The van der Waals surface area contributed by atoms with Crippen molar-refractivity contribution < 1.29 is 4.79 Å². The van der Waals surface area contributed by atoms with Gasteiger partial charge < -0.3 is 15.5 Å². The lowest BCUT2D eigenvalue weighted by atomic mass is 10.2. The number of nitrogens with zero attached hydrogens (tertiary/aromatic N) is 4. The van der Waals surface area contributed by atoms with Crippen LogP contribution in [0.5, 0.6) is 0 Å². The fourth-order valence-electron chi connectivity index (χ4n) is 2.62. The van der Waals surface area contributed by atoms with Crippen LogP contribution < -0.4 is 5.73 Å². The van der Waals surface area contributed by atoms with Gasteiger partial charge in [0.2, 0.25) is 5.91 Å². The van der Waals surface area contributed by atoms with Crippen molar-refractivity contribution in [2.24, 2.45) is 0 Å². The fraction of sp³-hybridized carbons (Fsp3) is 0.692. The predicted molar refractivity (Wildman–Crippen MR) is 74.5 cm³/mol. The number of nitrogens with two attached hydrogens (primary N) is 1. The summed E-state index contributed by atoms with van der Waals surface area (Å²) in [7, 11) is 2.12. The van der Waals surface area contributed by atoms with Crippen molar-refractivity contribution in [3.8, 4) is 0 Å². The number of amides is 1. The number of hydrogen-bond donors (Lipinski definition) is 1. The number of likely N-dealkylation sites (N-methyl/N-ethyl adjacent to an activating group) is 1. The van der Waals surface area contributed by atoms with Gasteiger partial charge >= 0.3 is 0 Å². The number of carbonyl (C=O) groups excluding carboxylic acids is 1. The second kappa shape index (κ2) is 6.06. The zero-order valence-electron chi connectivity index (χ0n) is 11.7. The Labute approximate surface area is 114 Å². The summed E-state index contributed by atoms with van der Waals surface area (Å²) in [5.41, 5.74) is 5.57. The van der Waals surface area contributed by atoms with Gasteiger partial charge in [0.15, 0.2) is 0 Å². The molecule has 1 aliphatic heterocycles. The van der Waals surface area contributed by atoms with Gasteiger partial charge in [-0.15, -0.1) is 0 Å². The van der Waals surface area contributed by atoms with Gasteiger partial charge in [-0.25, -0.2) is 0 Å². The molecule has 0 bridgehead atoms. The first kappa shape index (κ1) is 13.9. The minimum Gasteiger partial charge on any atom is -0.382 e. The van der Waals surface area contributed by atoms with Crippen molar-refractivity contribution in [3.05, 3.63) is 12.3 Å². The second-order valence-corrected chi connectivity index (χ2v) is 5.20. The van der Waals surface area contributed by atoms with Gasteiger partial charge in [0, 0.05) is 25.3 Å². The summed E-state index contributed by atoms with van der Waals surface area (Å²) in [6.07, 6.45) is 3.76. The smallest absolute Gasteiger partial charge is 0.244 e. The Bertz CT molecular complexity index is 430. The molecule has 106 valence electrons. The van der Waals surface area contributed by atoms with Crippen molar-refractivity contribution in [1.29, 1.82) is 0 Å². The summed E-state index contributed by atoms with van der Waals surface area (Å²) in [5.74, 6) is 0.584. The van der Waals surface area contributed by atoms with E-state index in [1.165, 1.54) is 0 Å². The minimum atomic E-state index is 0.130. The zero-order chi connectivity index (χ0) is 13.8. The first-order valence-electron chi connectivity index (χ1n) is 6.87. The molecule has 1 aliphatic rings. The largest absolute Gasteiger partial charge is 0.382 e. The third-order valence-corrected chi connectivity index (χ3v) is 3.65. The molecule has 1 amide bonds. The van der Waals surface area contributed by atoms with E-state index in [1.54, 1.807) is 16.9 Å². The monoisotopic (exact) mass is 265 g/mol. The topological polar surface area (TPSA) is 67.4 Å². The number of anilines is 1. The van der Waals surface area contributed by atoms with E-state index in [0.717, 1.165) is 32.5 Å². The van der Waals surface area contributed by atoms with Crippen LogP contribution in [0, 0.1) is 0 Å². The lowest BCUT2D eigenvalue weighted by Gasteiger charge is -2.30. The third kappa shape index (κ3) is 3.47. The summed E-state index contributed by atoms with van der Waals surface area (Å²) in [5, 5.41) is 4.07. The molecule has 2 rings (SSSR count). The standard InChI is InChI=1S/C13H23N5O/c1-3-11-9-16(2)6-4-7-18(11)13(19)10-17-8-5-12(14)15-17/h5,8,11H,3-4,6-7,9-10H2,1-2H3,(H2,14,15). The summed E-state index contributed by atoms with van der Waals surface area (Å²) in [4.78, 5) is 16.7. The van der Waals surface area contributed by atoms with E-state index in [-0.39, 0.29) is 12.5 Å². The molecule has 1 aromatic rings. The van der Waals surface area contributed by atoms with Gasteiger partial charge in [0.05, 0.1) is 0 Å². The van der Waals surface area contributed by atoms with Crippen LogP contribution in [0.3, 0.4) is 0 Å². The van der Waals surface area contributed by atoms with Crippen LogP contribution >= 0.6 is 0 Å². The van der Waals surface area contributed by atoms with Gasteiger partial charge in [0.1, 0.15) is 12.4 Å². The van der Waals surface area contributed by atoms with Gasteiger partial charge in [-0.2, -0.15) is 5.10 Å². The molecule has 1 aromatic heterocycles. The average Bonchev–Trinajstić information content (AvgIpc) is 2.67. The maximum atomic E-state index is 12.4. The van der Waals surface area contributed by atoms with Gasteiger partial charge in [-0.05, 0) is 32.5 Å². The predicted octanol–water partition coefficient (Wildman–Crippen LogP) is 0.408. The first-order valence-corrected chi connectivity index (χ1v) is 6.87. The number of carbonyl (C=O) groups is 1. The molecule has 2 N–H and O–H groups in total. The van der Waals surface area contributed by atoms with Gasteiger partial charge in [0.25, 0.3) is 0 Å². The van der Waals surface area contributed by atoms with Crippen LogP contribution in [0.2, 0.25) is 0 Å². The summed E-state index contributed by atoms with van der Waals surface area (Å²) in [6.45, 7) is 5.24. The highest BCUT2D eigenvalue weighted by Gasteiger charge is 2.26. The van der Waals surface area contributed by atoms with Crippen molar-refractivity contribution in [1.82, 2.24) is 19.6 Å². The fourth-order valence-corrected chi connectivity index (χ4v) is 2.62. The highest BCUT2D eigenvalue weighted by atomic mass is 16.2. The molecule has 1 fully saturated rings. The average molecular weight is 265 g/mol. The summed E-state index contributed by atoms with van der Waals surface area (Å²) < 4.78 is 1.61. The Balaban J connectivity index is 2.03. The first-order chi connectivity index (χ1) is 9.10. The Morgan fingerprint density at radius 2 is 2.32 bits per heavy atom. The van der Waals surface area contributed by atoms with Crippen molar-refractivity contribution in [2.45, 2.75) is 32.4 Å². The molecule has 0 aliphatic carbocycles. The third-order valence-electron chi connectivity index (χ3n) is 3.65. The second-order valence-electron chi connectivity index (χ2n) is 5.20. The molecular formula is C13H23N5O. The molecule has 1 saturated heterocycles. The molecule has 1 atom stereocenters. The molecule has 19 heavy (non-hydrogen) atoms. The van der Waals surface area contributed by atoms with Gasteiger partial charge in [-0.1, -0.05) is 6.92 Å². The lowest BCUT2D eigenvalue weighted by molar-refractivity contribution is -0.134. The lowest BCUT2D eigenvalue weighted by Crippen LogP contribution is -2.44. The van der Waals surface area contributed by atoms with E-state index < -0.39 is 0 Å². The molecule has 1 unspecified atom stereocenters. The molecule has 2 heterocycles. The Morgan fingerprint density at radius 3 is 2.95 bits per heavy atom. The zero-order valence-corrected chi connectivity index (χ0v) is 11.7. The Hall–Kier alpha value is -1.56. The quantitative estimate of drug-likeness (QED) is 0.859. The van der Waals surface area contributed by atoms with Crippen LogP contribution in [0.15, 0.2) is 12.3 Å². The minimum absolute atomic E-state index is 0.130. The maximum Gasteiger partial charge on any atom is 0.244 e. The van der Waals surface area contributed by atoms with E-state index in [9.17, 15) is 4.79 Å². The van der Waals surface area contributed by atoms with Crippen molar-refractivity contribution in [2.75, 3.05) is 32.4 Å². The molecule has 0 radical (unpaired) electrons. The molecule has 6 nitrogen and oxygen atoms in total. The summed E-state index contributed by atoms with van der Waals surface area (Å²) >= 11 is 0. The number of nitrogen functional groups attached to an aromatic ring is 1. The number of rotatable bonds is 3. The number of hydrogen-bond acceptors (Lipinski definition) is 4. The van der Waals surface area contributed by atoms with E-state index in [0.29, 0.717) is 11.9 Å². The van der Waals surface area contributed by atoms with Gasteiger partial charge in [-0.3, -0.25) is 9.48 Å². The highest BCUT2D eigenvalue weighted by Crippen LogP contribution is 2.13. The van der Waals surface area contributed by atoms with Crippen molar-refractivity contribution >= 4 is 11.7 Å². The van der Waals surface area contributed by atoms with Crippen LogP contribution in [0.25, 0.3) is 0 Å². The van der Waals surface area contributed by atoms with Crippen LogP contribution in [-0.2, 0) is 11.3 Å². The van der Waals surface area contributed by atoms with Crippen LogP contribution in [-0.4, -0.2) is 58.2 Å². The molecule has 0 spiro atoms. The molecule has 6 heteroatoms. The Morgan fingerprint density at radius 1 is 1.53 bits per heavy atom. The molecule has 0 aromatic carbocycles. The van der Waals surface area contributed by atoms with Crippen molar-refractivity contribution in [3.63, 3.8) is 0 Å². The molecule has 0 saturated carbocycles. The molecular weight excluding hydrogens is 242 g/mol. The maximum absolute atomic E-state index is 12.4. The Kier molecular flexibility index (Phi) is 4.42. The normalized spacial score (nSPS) is 21.4. The van der Waals surface area contributed by atoms with E-state index in [2.05, 4.69) is 24.0 Å².